The van der Waals surface area contributed by atoms with Crippen LogP contribution in [0.15, 0.2) is 0 Å². The van der Waals surface area contributed by atoms with E-state index in [0.717, 1.165) is 19.6 Å². The minimum absolute atomic E-state index is 0.235. The second kappa shape index (κ2) is 6.74. The molecule has 0 heterocycles. The molecule has 90 valence electrons. The Labute approximate surface area is 97.3 Å². The van der Waals surface area contributed by atoms with E-state index in [1.54, 1.807) is 7.11 Å². The van der Waals surface area contributed by atoms with Crippen molar-refractivity contribution in [2.45, 2.75) is 43.8 Å². The van der Waals surface area contributed by atoms with Crippen LogP contribution in [0.5, 0.6) is 0 Å². The van der Waals surface area contributed by atoms with Gasteiger partial charge in [-0.1, -0.05) is 6.92 Å². The van der Waals surface area contributed by atoms with Gasteiger partial charge in [0.15, 0.2) is 0 Å². The highest BCUT2D eigenvalue weighted by Crippen LogP contribution is 2.27. The lowest BCUT2D eigenvalue weighted by Gasteiger charge is -2.43. The first-order chi connectivity index (χ1) is 7.22. The van der Waals surface area contributed by atoms with Gasteiger partial charge in [0.2, 0.25) is 0 Å². The van der Waals surface area contributed by atoms with Crippen LogP contribution in [0.4, 0.5) is 0 Å². The zero-order valence-corrected chi connectivity index (χ0v) is 11.0. The lowest BCUT2D eigenvalue weighted by Crippen LogP contribution is -2.60. The number of nitrogens with one attached hydrogen (secondary N) is 1. The van der Waals surface area contributed by atoms with Crippen LogP contribution in [0.25, 0.3) is 0 Å². The third-order valence-corrected chi connectivity index (χ3v) is 3.94. The standard InChI is InChI=1S/C11H23NO2S/c1-5-14-10-6-9(11(10)13-3)12-7-8(2)15-4/h8-12H,5-7H2,1-4H3. The predicted molar refractivity (Wildman–Crippen MR) is 65.6 cm³/mol. The van der Waals surface area contributed by atoms with Crippen LogP contribution in [-0.2, 0) is 9.47 Å². The van der Waals surface area contributed by atoms with Gasteiger partial charge >= 0.3 is 0 Å². The van der Waals surface area contributed by atoms with Gasteiger partial charge < -0.3 is 14.8 Å². The van der Waals surface area contributed by atoms with Crippen molar-refractivity contribution in [1.82, 2.24) is 5.32 Å². The Kier molecular flexibility index (Phi) is 5.97. The minimum atomic E-state index is 0.235. The van der Waals surface area contributed by atoms with Crippen molar-refractivity contribution in [3.63, 3.8) is 0 Å². The summed E-state index contributed by atoms with van der Waals surface area (Å²) in [5.74, 6) is 0. The summed E-state index contributed by atoms with van der Waals surface area (Å²) in [6, 6.07) is 0.473. The Hall–Kier alpha value is 0.230. The van der Waals surface area contributed by atoms with Gasteiger partial charge in [-0.3, -0.25) is 0 Å². The summed E-state index contributed by atoms with van der Waals surface area (Å²) >= 11 is 1.89. The molecule has 4 heteroatoms. The average molecular weight is 233 g/mol. The molecule has 0 radical (unpaired) electrons. The Morgan fingerprint density at radius 1 is 1.53 bits per heavy atom. The third kappa shape index (κ3) is 3.63. The minimum Gasteiger partial charge on any atom is -0.377 e. The van der Waals surface area contributed by atoms with Crippen LogP contribution in [0, 0.1) is 0 Å². The molecule has 0 amide bonds. The van der Waals surface area contributed by atoms with Crippen LogP contribution in [0.3, 0.4) is 0 Å². The molecule has 4 atom stereocenters. The quantitative estimate of drug-likeness (QED) is 0.722. The molecule has 0 spiro atoms. The van der Waals surface area contributed by atoms with E-state index < -0.39 is 0 Å². The van der Waals surface area contributed by atoms with Gasteiger partial charge in [-0.25, -0.2) is 0 Å². The van der Waals surface area contributed by atoms with Gasteiger partial charge in [0.05, 0.1) is 12.2 Å². The van der Waals surface area contributed by atoms with E-state index in [1.807, 2.05) is 18.7 Å². The van der Waals surface area contributed by atoms with E-state index >= 15 is 0 Å². The normalized spacial score (nSPS) is 32.4. The van der Waals surface area contributed by atoms with Crippen LogP contribution in [0.1, 0.15) is 20.3 Å². The molecule has 1 saturated carbocycles. The lowest BCUT2D eigenvalue weighted by atomic mass is 9.85. The van der Waals surface area contributed by atoms with Crippen molar-refractivity contribution in [1.29, 1.82) is 0 Å². The number of hydrogen-bond acceptors (Lipinski definition) is 4. The smallest absolute Gasteiger partial charge is 0.0986 e. The second-order valence-corrected chi connectivity index (χ2v) is 5.27. The lowest BCUT2D eigenvalue weighted by molar-refractivity contribution is -0.131. The third-order valence-electron chi connectivity index (χ3n) is 2.97. The molecule has 1 N–H and O–H groups in total. The molecule has 15 heavy (non-hydrogen) atoms. The predicted octanol–water partition coefficient (Wildman–Crippen LogP) is 1.52. The van der Waals surface area contributed by atoms with Crippen molar-refractivity contribution < 1.29 is 9.47 Å². The maximum absolute atomic E-state index is 5.57. The summed E-state index contributed by atoms with van der Waals surface area (Å²) in [4.78, 5) is 0. The second-order valence-electron chi connectivity index (χ2n) is 3.99. The maximum atomic E-state index is 5.57. The van der Waals surface area contributed by atoms with Gasteiger partial charge in [-0.05, 0) is 19.6 Å². The van der Waals surface area contributed by atoms with Crippen LogP contribution in [-0.4, -0.2) is 50.0 Å². The summed E-state index contributed by atoms with van der Waals surface area (Å²) < 4.78 is 11.0. The van der Waals surface area contributed by atoms with E-state index in [4.69, 9.17) is 9.47 Å². The average Bonchev–Trinajstić information content (AvgIpc) is 2.22. The summed E-state index contributed by atoms with van der Waals surface area (Å²) in [5.41, 5.74) is 0. The van der Waals surface area contributed by atoms with Gasteiger partial charge in [-0.15, -0.1) is 0 Å². The Bertz CT molecular complexity index is 180. The number of rotatable bonds is 7. The molecule has 4 unspecified atom stereocenters. The summed E-state index contributed by atoms with van der Waals surface area (Å²) in [5, 5.41) is 4.19. The van der Waals surface area contributed by atoms with Crippen molar-refractivity contribution in [2.24, 2.45) is 0 Å². The van der Waals surface area contributed by atoms with Crippen molar-refractivity contribution >= 4 is 11.8 Å². The number of ether oxygens (including phenoxy) is 2. The molecule has 0 aromatic heterocycles. The zero-order valence-electron chi connectivity index (χ0n) is 10.2. The van der Waals surface area contributed by atoms with Gasteiger partial charge in [0, 0.05) is 31.6 Å². The summed E-state index contributed by atoms with van der Waals surface area (Å²) in [6.07, 6.45) is 3.75. The molecule has 0 saturated heterocycles. The largest absolute Gasteiger partial charge is 0.377 e. The fourth-order valence-electron chi connectivity index (χ4n) is 1.87. The number of hydrogen-bond donors (Lipinski definition) is 1. The fourth-order valence-corrected chi connectivity index (χ4v) is 2.14. The molecular weight excluding hydrogens is 210 g/mol. The summed E-state index contributed by atoms with van der Waals surface area (Å²) in [7, 11) is 1.77. The monoisotopic (exact) mass is 233 g/mol. The number of methoxy groups -OCH3 is 1. The van der Waals surface area contributed by atoms with Gasteiger partial charge in [0.1, 0.15) is 0 Å². The maximum Gasteiger partial charge on any atom is 0.0986 e. The molecule has 0 aromatic rings. The topological polar surface area (TPSA) is 30.5 Å². The molecular formula is C11H23NO2S. The molecule has 1 fully saturated rings. The zero-order chi connectivity index (χ0) is 11.3. The van der Waals surface area contributed by atoms with Crippen LogP contribution >= 0.6 is 11.8 Å². The molecule has 1 aliphatic rings. The Morgan fingerprint density at radius 2 is 2.27 bits per heavy atom. The SMILES string of the molecule is CCOC1CC(NCC(C)SC)C1OC. The number of thioether (sulfide) groups is 1. The van der Waals surface area contributed by atoms with Crippen molar-refractivity contribution in [2.75, 3.05) is 26.5 Å². The molecule has 0 bridgehead atoms. The first-order valence-corrected chi connectivity index (χ1v) is 6.92. The van der Waals surface area contributed by atoms with Crippen LogP contribution in [0.2, 0.25) is 0 Å². The molecule has 1 rings (SSSR count). The van der Waals surface area contributed by atoms with E-state index in [2.05, 4.69) is 18.5 Å². The van der Waals surface area contributed by atoms with E-state index in [0.29, 0.717) is 17.4 Å². The first-order valence-electron chi connectivity index (χ1n) is 5.63. The highest BCUT2D eigenvalue weighted by Gasteiger charge is 2.41. The molecule has 1 aliphatic carbocycles. The van der Waals surface area contributed by atoms with Crippen molar-refractivity contribution in [3.8, 4) is 0 Å². The fraction of sp³-hybridized carbons (Fsp3) is 1.00. The van der Waals surface area contributed by atoms with Crippen LogP contribution < -0.4 is 5.32 Å². The summed E-state index contributed by atoms with van der Waals surface area (Å²) in [6.45, 7) is 6.09. The highest BCUT2D eigenvalue weighted by atomic mass is 32.2. The highest BCUT2D eigenvalue weighted by molar-refractivity contribution is 7.99. The van der Waals surface area contributed by atoms with Gasteiger partial charge in [-0.2, -0.15) is 11.8 Å². The molecule has 0 aromatic carbocycles. The van der Waals surface area contributed by atoms with E-state index in [9.17, 15) is 0 Å². The van der Waals surface area contributed by atoms with E-state index in [1.165, 1.54) is 0 Å². The Morgan fingerprint density at radius 3 is 2.80 bits per heavy atom. The first kappa shape index (κ1) is 13.3. The molecule has 0 aliphatic heterocycles. The van der Waals surface area contributed by atoms with Crippen molar-refractivity contribution in [3.05, 3.63) is 0 Å². The van der Waals surface area contributed by atoms with Gasteiger partial charge in [0.25, 0.3) is 0 Å². The molecule has 3 nitrogen and oxygen atoms in total. The Balaban J connectivity index is 2.21. The van der Waals surface area contributed by atoms with E-state index in [-0.39, 0.29) is 6.10 Å².